The first-order valence-corrected chi connectivity index (χ1v) is 12.2. The molecular formula is C21H27Cl2N3O3S. The van der Waals surface area contributed by atoms with Gasteiger partial charge in [0.15, 0.2) is 0 Å². The standard InChI is InChI=1S/C21H27Cl2N3O3S/c1-5-25(6-2)19-9-7-16(8-10-19)14-24-21(27)15(3)26(30(4,28)29)20-12-17(22)11-18(23)13-20/h7-13,15H,5-6,14H2,1-4H3,(H,24,27)/t15-/m0/s1. The van der Waals surface area contributed by atoms with Crippen molar-refractivity contribution < 1.29 is 13.2 Å². The van der Waals surface area contributed by atoms with Crippen molar-refractivity contribution in [2.24, 2.45) is 0 Å². The maximum Gasteiger partial charge on any atom is 0.243 e. The number of anilines is 2. The predicted molar refractivity (Wildman–Crippen MR) is 125 cm³/mol. The number of halogens is 2. The molecule has 2 rings (SSSR count). The number of hydrogen-bond donors (Lipinski definition) is 1. The van der Waals surface area contributed by atoms with Crippen molar-refractivity contribution in [2.75, 3.05) is 28.6 Å². The zero-order valence-corrected chi connectivity index (χ0v) is 19.9. The van der Waals surface area contributed by atoms with E-state index in [0.717, 1.165) is 34.9 Å². The van der Waals surface area contributed by atoms with Crippen LogP contribution in [-0.2, 0) is 21.4 Å². The summed E-state index contributed by atoms with van der Waals surface area (Å²) in [6.45, 7) is 7.83. The van der Waals surface area contributed by atoms with E-state index in [9.17, 15) is 13.2 Å². The average molecular weight is 472 g/mol. The molecule has 164 valence electrons. The monoisotopic (exact) mass is 471 g/mol. The first-order valence-electron chi connectivity index (χ1n) is 9.63. The van der Waals surface area contributed by atoms with Gasteiger partial charge in [-0.15, -0.1) is 0 Å². The molecule has 30 heavy (non-hydrogen) atoms. The number of carbonyl (C=O) groups excluding carboxylic acids is 1. The van der Waals surface area contributed by atoms with Gasteiger partial charge in [0.05, 0.1) is 11.9 Å². The molecule has 0 aliphatic carbocycles. The highest BCUT2D eigenvalue weighted by atomic mass is 35.5. The summed E-state index contributed by atoms with van der Waals surface area (Å²) < 4.78 is 25.8. The molecule has 0 aliphatic rings. The summed E-state index contributed by atoms with van der Waals surface area (Å²) in [6, 6.07) is 11.4. The molecule has 1 atom stereocenters. The van der Waals surface area contributed by atoms with E-state index >= 15 is 0 Å². The molecule has 0 fully saturated rings. The summed E-state index contributed by atoms with van der Waals surface area (Å²) in [7, 11) is -3.75. The van der Waals surface area contributed by atoms with Crippen molar-refractivity contribution in [3.8, 4) is 0 Å². The topological polar surface area (TPSA) is 69.7 Å². The summed E-state index contributed by atoms with van der Waals surface area (Å²) in [5.74, 6) is -0.427. The molecule has 0 heterocycles. The van der Waals surface area contributed by atoms with Crippen LogP contribution in [0.1, 0.15) is 26.3 Å². The van der Waals surface area contributed by atoms with Gasteiger partial charge in [0.1, 0.15) is 6.04 Å². The van der Waals surface area contributed by atoms with Gasteiger partial charge in [-0.05, 0) is 56.7 Å². The maximum atomic E-state index is 12.7. The van der Waals surface area contributed by atoms with Gasteiger partial charge in [-0.3, -0.25) is 9.10 Å². The second kappa shape index (κ2) is 10.4. The Balaban J connectivity index is 2.14. The number of hydrogen-bond acceptors (Lipinski definition) is 4. The number of nitrogens with zero attached hydrogens (tertiary/aromatic N) is 2. The van der Waals surface area contributed by atoms with E-state index in [1.807, 2.05) is 24.3 Å². The van der Waals surface area contributed by atoms with Gasteiger partial charge >= 0.3 is 0 Å². The van der Waals surface area contributed by atoms with E-state index in [0.29, 0.717) is 0 Å². The Morgan fingerprint density at radius 3 is 2.00 bits per heavy atom. The Morgan fingerprint density at radius 1 is 1.00 bits per heavy atom. The van der Waals surface area contributed by atoms with E-state index in [1.165, 1.54) is 25.1 Å². The average Bonchev–Trinajstić information content (AvgIpc) is 2.66. The molecule has 9 heteroatoms. The summed E-state index contributed by atoms with van der Waals surface area (Å²) in [4.78, 5) is 15.0. The van der Waals surface area contributed by atoms with Crippen LogP contribution in [0.2, 0.25) is 10.0 Å². The minimum atomic E-state index is -3.75. The highest BCUT2D eigenvalue weighted by Gasteiger charge is 2.29. The predicted octanol–water partition coefficient (Wildman–Crippen LogP) is 4.31. The quantitative estimate of drug-likeness (QED) is 0.591. The van der Waals surface area contributed by atoms with Crippen molar-refractivity contribution in [1.82, 2.24) is 5.32 Å². The second-order valence-electron chi connectivity index (χ2n) is 6.92. The van der Waals surface area contributed by atoms with Crippen LogP contribution in [0.3, 0.4) is 0 Å². The maximum absolute atomic E-state index is 12.7. The molecule has 6 nitrogen and oxygen atoms in total. The lowest BCUT2D eigenvalue weighted by molar-refractivity contribution is -0.122. The number of rotatable bonds is 9. The first-order chi connectivity index (χ1) is 14.1. The van der Waals surface area contributed by atoms with Gasteiger partial charge in [0, 0.05) is 35.4 Å². The summed E-state index contributed by atoms with van der Waals surface area (Å²) >= 11 is 12.0. The van der Waals surface area contributed by atoms with Crippen molar-refractivity contribution in [2.45, 2.75) is 33.4 Å². The molecule has 1 N–H and O–H groups in total. The molecule has 0 unspecified atom stereocenters. The van der Waals surface area contributed by atoms with Gasteiger partial charge in [0.2, 0.25) is 15.9 Å². The molecule has 0 saturated carbocycles. The molecule has 1 amide bonds. The molecule has 2 aromatic rings. The lowest BCUT2D eigenvalue weighted by Gasteiger charge is -2.28. The van der Waals surface area contributed by atoms with Gasteiger partial charge in [-0.25, -0.2) is 8.42 Å². The number of sulfonamides is 1. The van der Waals surface area contributed by atoms with E-state index in [1.54, 1.807) is 0 Å². The normalized spacial score (nSPS) is 12.3. The lowest BCUT2D eigenvalue weighted by atomic mass is 10.2. The molecule has 0 bridgehead atoms. The highest BCUT2D eigenvalue weighted by Crippen LogP contribution is 2.28. The van der Waals surface area contributed by atoms with Crippen LogP contribution < -0.4 is 14.5 Å². The van der Waals surface area contributed by atoms with Crippen LogP contribution in [0.25, 0.3) is 0 Å². The van der Waals surface area contributed by atoms with E-state index in [-0.39, 0.29) is 22.3 Å². The fraction of sp³-hybridized carbons (Fsp3) is 0.381. The smallest absolute Gasteiger partial charge is 0.243 e. The van der Waals surface area contributed by atoms with Crippen molar-refractivity contribution in [3.05, 3.63) is 58.1 Å². The Kier molecular flexibility index (Phi) is 8.41. The molecule has 0 spiro atoms. The third-order valence-corrected chi connectivity index (χ3v) is 6.40. The van der Waals surface area contributed by atoms with E-state index in [4.69, 9.17) is 23.2 Å². The van der Waals surface area contributed by atoms with Crippen LogP contribution in [0.15, 0.2) is 42.5 Å². The summed E-state index contributed by atoms with van der Waals surface area (Å²) in [5, 5.41) is 3.37. The van der Waals surface area contributed by atoms with Crippen LogP contribution in [0.5, 0.6) is 0 Å². The highest BCUT2D eigenvalue weighted by molar-refractivity contribution is 7.92. The minimum absolute atomic E-state index is 0.237. The SMILES string of the molecule is CCN(CC)c1ccc(CNC(=O)[C@H](C)N(c2cc(Cl)cc(Cl)c2)S(C)(=O)=O)cc1. The Labute approximate surface area is 188 Å². The number of nitrogens with one attached hydrogen (secondary N) is 1. The lowest BCUT2D eigenvalue weighted by Crippen LogP contribution is -2.47. The fourth-order valence-electron chi connectivity index (χ4n) is 3.23. The molecule has 0 aromatic heterocycles. The van der Waals surface area contributed by atoms with Crippen LogP contribution in [0, 0.1) is 0 Å². The zero-order valence-electron chi connectivity index (χ0n) is 17.5. The minimum Gasteiger partial charge on any atom is -0.372 e. The molecule has 0 saturated heterocycles. The van der Waals surface area contributed by atoms with Gasteiger partial charge in [-0.2, -0.15) is 0 Å². The van der Waals surface area contributed by atoms with E-state index < -0.39 is 22.0 Å². The van der Waals surface area contributed by atoms with Crippen LogP contribution >= 0.6 is 23.2 Å². The zero-order chi connectivity index (χ0) is 22.5. The van der Waals surface area contributed by atoms with Gasteiger partial charge in [-0.1, -0.05) is 35.3 Å². The van der Waals surface area contributed by atoms with Crippen LogP contribution in [0.4, 0.5) is 11.4 Å². The first kappa shape index (κ1) is 24.3. The van der Waals surface area contributed by atoms with Crippen molar-refractivity contribution in [3.63, 3.8) is 0 Å². The Morgan fingerprint density at radius 2 is 1.53 bits per heavy atom. The second-order valence-corrected chi connectivity index (χ2v) is 9.65. The number of carbonyl (C=O) groups is 1. The summed E-state index contributed by atoms with van der Waals surface area (Å²) in [5.41, 5.74) is 2.27. The third kappa shape index (κ3) is 6.27. The molecule has 2 aromatic carbocycles. The fourth-order valence-corrected chi connectivity index (χ4v) is 4.90. The largest absolute Gasteiger partial charge is 0.372 e. The molecule has 0 radical (unpaired) electrons. The Bertz CT molecular complexity index is 957. The van der Waals surface area contributed by atoms with Crippen molar-refractivity contribution in [1.29, 1.82) is 0 Å². The molecular weight excluding hydrogens is 445 g/mol. The van der Waals surface area contributed by atoms with Crippen molar-refractivity contribution >= 4 is 50.5 Å². The Hall–Kier alpha value is -1.96. The molecule has 0 aliphatic heterocycles. The van der Waals surface area contributed by atoms with Crippen LogP contribution in [-0.4, -0.2) is 39.7 Å². The summed E-state index contributed by atoms with van der Waals surface area (Å²) in [6.07, 6.45) is 1.04. The third-order valence-electron chi connectivity index (χ3n) is 4.72. The van der Waals surface area contributed by atoms with Gasteiger partial charge < -0.3 is 10.2 Å². The number of benzene rings is 2. The van der Waals surface area contributed by atoms with Gasteiger partial charge in [0.25, 0.3) is 0 Å². The van der Waals surface area contributed by atoms with E-state index in [2.05, 4.69) is 24.1 Å². The number of amides is 1.